The summed E-state index contributed by atoms with van der Waals surface area (Å²) < 4.78 is 0. The molecule has 0 aromatic rings. The summed E-state index contributed by atoms with van der Waals surface area (Å²) in [7, 11) is 1.88. The predicted octanol–water partition coefficient (Wildman–Crippen LogP) is 2.64. The number of guanidine groups is 1. The quantitative estimate of drug-likeness (QED) is 0.413. The Hall–Kier alpha value is -0.810. The molecule has 152 valence electrons. The van der Waals surface area contributed by atoms with E-state index in [-0.39, 0.29) is 0 Å². The minimum Gasteiger partial charge on any atom is -0.356 e. The summed E-state index contributed by atoms with van der Waals surface area (Å²) >= 11 is 0. The number of rotatable bonds is 7. The molecule has 2 aliphatic heterocycles. The van der Waals surface area contributed by atoms with Crippen molar-refractivity contribution in [2.24, 2.45) is 22.7 Å². The molecule has 2 aliphatic rings. The minimum atomic E-state index is 0.500. The van der Waals surface area contributed by atoms with E-state index in [2.05, 4.69) is 60.0 Å². The predicted molar refractivity (Wildman–Crippen MR) is 113 cm³/mol. The standard InChI is InChI=1S/C21H43N5/c1-16(2)26-14-19(5)20(15-26)24-21(22-6)23-9-7-8-10-25-12-17(3)11-18(4)13-25/h16-20H,7-15H2,1-6H3,(H2,22,23,24). The van der Waals surface area contributed by atoms with Crippen LogP contribution in [0, 0.1) is 17.8 Å². The van der Waals surface area contributed by atoms with Crippen LogP contribution in [0.15, 0.2) is 4.99 Å². The summed E-state index contributed by atoms with van der Waals surface area (Å²) in [5.74, 6) is 3.35. The first-order valence-corrected chi connectivity index (χ1v) is 10.8. The summed E-state index contributed by atoms with van der Waals surface area (Å²) in [4.78, 5) is 9.64. The molecule has 2 rings (SSSR count). The average Bonchev–Trinajstić information content (AvgIpc) is 2.93. The lowest BCUT2D eigenvalue weighted by atomic mass is 9.92. The van der Waals surface area contributed by atoms with Gasteiger partial charge in [-0.3, -0.25) is 9.89 Å². The van der Waals surface area contributed by atoms with Gasteiger partial charge in [0.25, 0.3) is 0 Å². The molecule has 2 saturated heterocycles. The van der Waals surface area contributed by atoms with Crippen molar-refractivity contribution in [1.29, 1.82) is 0 Å². The Labute approximate surface area is 162 Å². The molecule has 0 spiro atoms. The molecule has 0 aliphatic carbocycles. The van der Waals surface area contributed by atoms with E-state index in [1.54, 1.807) is 0 Å². The molecule has 0 radical (unpaired) electrons. The van der Waals surface area contributed by atoms with E-state index in [4.69, 9.17) is 0 Å². The maximum Gasteiger partial charge on any atom is 0.191 e. The van der Waals surface area contributed by atoms with Crippen molar-refractivity contribution in [3.63, 3.8) is 0 Å². The number of piperidine rings is 1. The number of hydrogen-bond acceptors (Lipinski definition) is 3. The van der Waals surface area contributed by atoms with Gasteiger partial charge in [0.1, 0.15) is 0 Å². The van der Waals surface area contributed by atoms with Crippen LogP contribution in [0.5, 0.6) is 0 Å². The molecular formula is C21H43N5. The fourth-order valence-corrected chi connectivity index (χ4v) is 4.63. The highest BCUT2D eigenvalue weighted by Crippen LogP contribution is 2.21. The van der Waals surface area contributed by atoms with E-state index in [0.29, 0.717) is 18.0 Å². The van der Waals surface area contributed by atoms with Gasteiger partial charge in [-0.25, -0.2) is 0 Å². The molecule has 26 heavy (non-hydrogen) atoms. The van der Waals surface area contributed by atoms with Crippen molar-refractivity contribution in [1.82, 2.24) is 20.4 Å². The molecule has 0 aromatic heterocycles. The number of aliphatic imine (C=N–C) groups is 1. The third kappa shape index (κ3) is 6.73. The van der Waals surface area contributed by atoms with Crippen LogP contribution in [0.25, 0.3) is 0 Å². The molecule has 0 aromatic carbocycles. The molecule has 4 unspecified atom stereocenters. The van der Waals surface area contributed by atoms with Crippen molar-refractivity contribution in [2.75, 3.05) is 46.3 Å². The van der Waals surface area contributed by atoms with Gasteiger partial charge in [-0.05, 0) is 57.4 Å². The lowest BCUT2D eigenvalue weighted by molar-refractivity contribution is 0.139. The Morgan fingerprint density at radius 1 is 1.04 bits per heavy atom. The van der Waals surface area contributed by atoms with Gasteiger partial charge in [0.05, 0.1) is 0 Å². The minimum absolute atomic E-state index is 0.500. The summed E-state index contributed by atoms with van der Waals surface area (Å²) in [6, 6.07) is 1.12. The number of nitrogens with zero attached hydrogens (tertiary/aromatic N) is 3. The second kappa shape index (κ2) is 10.5. The number of nitrogens with one attached hydrogen (secondary N) is 2. The van der Waals surface area contributed by atoms with Crippen LogP contribution < -0.4 is 10.6 Å². The molecule has 5 heteroatoms. The van der Waals surface area contributed by atoms with Gasteiger partial charge >= 0.3 is 0 Å². The normalized spacial score (nSPS) is 31.6. The highest BCUT2D eigenvalue weighted by Gasteiger charge is 2.31. The molecule has 5 nitrogen and oxygen atoms in total. The van der Waals surface area contributed by atoms with Crippen LogP contribution in [-0.4, -0.2) is 74.2 Å². The second-order valence-electron chi connectivity index (χ2n) is 9.19. The third-order valence-electron chi connectivity index (χ3n) is 6.05. The molecular weight excluding hydrogens is 322 g/mol. The van der Waals surface area contributed by atoms with Gasteiger partial charge in [0, 0.05) is 51.9 Å². The number of hydrogen-bond donors (Lipinski definition) is 2. The summed E-state index contributed by atoms with van der Waals surface area (Å²) in [6.45, 7) is 18.8. The van der Waals surface area contributed by atoms with E-state index < -0.39 is 0 Å². The third-order valence-corrected chi connectivity index (χ3v) is 6.05. The Morgan fingerprint density at radius 2 is 1.73 bits per heavy atom. The smallest absolute Gasteiger partial charge is 0.191 e. The first-order chi connectivity index (χ1) is 12.4. The van der Waals surface area contributed by atoms with Crippen LogP contribution >= 0.6 is 0 Å². The molecule has 2 heterocycles. The number of unbranched alkanes of at least 4 members (excludes halogenated alkanes) is 1. The van der Waals surface area contributed by atoms with Gasteiger partial charge in [-0.2, -0.15) is 0 Å². The largest absolute Gasteiger partial charge is 0.356 e. The van der Waals surface area contributed by atoms with Crippen molar-refractivity contribution in [3.8, 4) is 0 Å². The summed E-state index contributed by atoms with van der Waals surface area (Å²) in [5, 5.41) is 7.16. The lowest BCUT2D eigenvalue weighted by Gasteiger charge is -2.35. The van der Waals surface area contributed by atoms with Crippen LogP contribution in [0.2, 0.25) is 0 Å². The maximum atomic E-state index is 4.43. The molecule has 0 bridgehead atoms. The first kappa shape index (κ1) is 21.5. The van der Waals surface area contributed by atoms with Gasteiger partial charge in [0.15, 0.2) is 5.96 Å². The van der Waals surface area contributed by atoms with Crippen LogP contribution in [0.3, 0.4) is 0 Å². The molecule has 4 atom stereocenters. The Morgan fingerprint density at radius 3 is 2.31 bits per heavy atom. The second-order valence-corrected chi connectivity index (χ2v) is 9.19. The zero-order valence-corrected chi connectivity index (χ0v) is 18.1. The summed E-state index contributed by atoms with van der Waals surface area (Å²) in [5.41, 5.74) is 0. The van der Waals surface area contributed by atoms with E-state index >= 15 is 0 Å². The maximum absolute atomic E-state index is 4.43. The van der Waals surface area contributed by atoms with Crippen molar-refractivity contribution in [2.45, 2.75) is 66.0 Å². The fraction of sp³-hybridized carbons (Fsp3) is 0.952. The van der Waals surface area contributed by atoms with Gasteiger partial charge < -0.3 is 15.5 Å². The zero-order chi connectivity index (χ0) is 19.1. The first-order valence-electron chi connectivity index (χ1n) is 10.8. The van der Waals surface area contributed by atoms with Crippen LogP contribution in [-0.2, 0) is 0 Å². The Kier molecular flexibility index (Phi) is 8.68. The molecule has 2 N–H and O–H groups in total. The van der Waals surface area contributed by atoms with E-state index in [0.717, 1.165) is 30.9 Å². The average molecular weight is 366 g/mol. The molecule has 0 saturated carbocycles. The SMILES string of the molecule is CN=C(NCCCCN1CC(C)CC(C)C1)NC1CN(C(C)C)CC1C. The fourth-order valence-electron chi connectivity index (χ4n) is 4.63. The van der Waals surface area contributed by atoms with Gasteiger partial charge in [-0.1, -0.05) is 20.8 Å². The van der Waals surface area contributed by atoms with E-state index in [9.17, 15) is 0 Å². The zero-order valence-electron chi connectivity index (χ0n) is 18.1. The van der Waals surface area contributed by atoms with Gasteiger partial charge in [0.2, 0.25) is 0 Å². The lowest BCUT2D eigenvalue weighted by Crippen LogP contribution is -2.47. The molecule has 2 fully saturated rings. The van der Waals surface area contributed by atoms with E-state index in [1.165, 1.54) is 45.4 Å². The Bertz CT molecular complexity index is 426. The van der Waals surface area contributed by atoms with Crippen molar-refractivity contribution in [3.05, 3.63) is 0 Å². The molecule has 0 amide bonds. The summed E-state index contributed by atoms with van der Waals surface area (Å²) in [6.07, 6.45) is 3.87. The topological polar surface area (TPSA) is 42.9 Å². The van der Waals surface area contributed by atoms with Crippen LogP contribution in [0.1, 0.15) is 53.9 Å². The van der Waals surface area contributed by atoms with Gasteiger partial charge in [-0.15, -0.1) is 0 Å². The highest BCUT2D eigenvalue weighted by molar-refractivity contribution is 5.80. The van der Waals surface area contributed by atoms with Crippen molar-refractivity contribution < 1.29 is 0 Å². The van der Waals surface area contributed by atoms with Crippen molar-refractivity contribution >= 4 is 5.96 Å². The highest BCUT2D eigenvalue weighted by atomic mass is 15.3. The van der Waals surface area contributed by atoms with E-state index in [1.807, 2.05) is 7.05 Å². The number of likely N-dealkylation sites (tertiary alicyclic amines) is 2. The Balaban J connectivity index is 1.62. The monoisotopic (exact) mass is 365 g/mol. The van der Waals surface area contributed by atoms with Crippen LogP contribution in [0.4, 0.5) is 0 Å².